The SMILES string of the molecule is C=C(C)CN1C(N2CCN(c3cccc(Cl)c3)CC2)=NC2C1C(=O)NC(=O)N2C. The number of likely N-dealkylation sites (N-methyl/N-ethyl adjacent to an activating group) is 1. The summed E-state index contributed by atoms with van der Waals surface area (Å²) < 4.78 is 0. The average molecular weight is 417 g/mol. The molecule has 2 saturated heterocycles. The number of fused-ring (bicyclic) bond motifs is 1. The fourth-order valence-corrected chi connectivity index (χ4v) is 4.26. The van der Waals surface area contributed by atoms with E-state index in [2.05, 4.69) is 27.8 Å². The average Bonchev–Trinajstić information content (AvgIpc) is 3.05. The lowest BCUT2D eigenvalue weighted by molar-refractivity contribution is -0.127. The number of piperazine rings is 1. The third kappa shape index (κ3) is 3.64. The highest BCUT2D eigenvalue weighted by atomic mass is 35.5. The second kappa shape index (κ2) is 7.59. The van der Waals surface area contributed by atoms with E-state index in [0.717, 1.165) is 48.4 Å². The number of rotatable bonds is 3. The van der Waals surface area contributed by atoms with Gasteiger partial charge < -0.3 is 19.6 Å². The molecule has 3 amide bonds. The number of guanidine groups is 1. The Bertz CT molecular complexity index is 879. The van der Waals surface area contributed by atoms with Gasteiger partial charge >= 0.3 is 6.03 Å². The number of carbonyl (C=O) groups is 2. The van der Waals surface area contributed by atoms with Gasteiger partial charge in [-0.15, -0.1) is 0 Å². The van der Waals surface area contributed by atoms with Gasteiger partial charge in [-0.05, 0) is 25.1 Å². The number of anilines is 1. The molecule has 2 atom stereocenters. The minimum atomic E-state index is -0.532. The lowest BCUT2D eigenvalue weighted by atomic mass is 10.1. The molecule has 2 fully saturated rings. The zero-order chi connectivity index (χ0) is 20.7. The first-order chi connectivity index (χ1) is 13.8. The van der Waals surface area contributed by atoms with Crippen molar-refractivity contribution in [2.24, 2.45) is 4.99 Å². The van der Waals surface area contributed by atoms with E-state index < -0.39 is 18.2 Å². The molecule has 29 heavy (non-hydrogen) atoms. The van der Waals surface area contributed by atoms with Gasteiger partial charge in [0, 0.05) is 50.5 Å². The molecule has 9 heteroatoms. The highest BCUT2D eigenvalue weighted by Crippen LogP contribution is 2.27. The minimum absolute atomic E-state index is 0.310. The van der Waals surface area contributed by atoms with E-state index in [1.165, 1.54) is 4.90 Å². The largest absolute Gasteiger partial charge is 0.368 e. The van der Waals surface area contributed by atoms with Crippen LogP contribution in [0.1, 0.15) is 6.92 Å². The standard InChI is InChI=1S/C20H25ClN6O2/c1-13(2)12-27-16-17(24(3)20(29)23-18(16)28)22-19(27)26-9-7-25(8-10-26)15-6-4-5-14(21)11-15/h4-6,11,16-17H,1,7-10,12H2,2-3H3,(H,23,28,29). The van der Waals surface area contributed by atoms with Crippen molar-refractivity contribution in [3.63, 3.8) is 0 Å². The molecule has 0 radical (unpaired) electrons. The highest BCUT2D eigenvalue weighted by Gasteiger charge is 2.49. The van der Waals surface area contributed by atoms with Crippen LogP contribution in [0.2, 0.25) is 5.02 Å². The summed E-state index contributed by atoms with van der Waals surface area (Å²) in [6.07, 6.45) is -0.517. The Balaban J connectivity index is 1.54. The monoisotopic (exact) mass is 416 g/mol. The molecule has 1 aromatic rings. The summed E-state index contributed by atoms with van der Waals surface area (Å²) in [6.45, 7) is 9.61. The van der Waals surface area contributed by atoms with E-state index in [1.807, 2.05) is 30.0 Å². The molecule has 2 unspecified atom stereocenters. The fraction of sp³-hybridized carbons (Fsp3) is 0.450. The summed E-state index contributed by atoms with van der Waals surface area (Å²) >= 11 is 6.13. The molecule has 0 aromatic heterocycles. The molecule has 0 spiro atoms. The molecule has 3 heterocycles. The van der Waals surface area contributed by atoms with E-state index >= 15 is 0 Å². The number of halogens is 1. The van der Waals surface area contributed by atoms with Gasteiger partial charge in [-0.2, -0.15) is 0 Å². The zero-order valence-electron chi connectivity index (χ0n) is 16.6. The second-order valence-corrected chi connectivity index (χ2v) is 8.17. The molecule has 0 saturated carbocycles. The van der Waals surface area contributed by atoms with E-state index in [0.29, 0.717) is 6.54 Å². The molecule has 1 aromatic carbocycles. The number of carbonyl (C=O) groups excluding carboxylic acids is 2. The second-order valence-electron chi connectivity index (χ2n) is 7.73. The minimum Gasteiger partial charge on any atom is -0.368 e. The van der Waals surface area contributed by atoms with Crippen LogP contribution in [0.3, 0.4) is 0 Å². The Morgan fingerprint density at radius 3 is 2.59 bits per heavy atom. The van der Waals surface area contributed by atoms with Gasteiger partial charge in [0.2, 0.25) is 0 Å². The van der Waals surface area contributed by atoms with Crippen LogP contribution in [0.25, 0.3) is 0 Å². The van der Waals surface area contributed by atoms with Crippen LogP contribution in [0.5, 0.6) is 0 Å². The van der Waals surface area contributed by atoms with Crippen molar-refractivity contribution < 1.29 is 9.59 Å². The van der Waals surface area contributed by atoms with Gasteiger partial charge in [0.05, 0.1) is 0 Å². The van der Waals surface area contributed by atoms with Gasteiger partial charge in [-0.3, -0.25) is 10.1 Å². The van der Waals surface area contributed by atoms with Crippen LogP contribution in [0.15, 0.2) is 41.4 Å². The van der Waals surface area contributed by atoms with Crippen molar-refractivity contribution >= 4 is 35.2 Å². The number of nitrogens with one attached hydrogen (secondary N) is 1. The summed E-state index contributed by atoms with van der Waals surface area (Å²) in [4.78, 5) is 37.4. The Hall–Kier alpha value is -2.74. The molecule has 3 aliphatic heterocycles. The van der Waals surface area contributed by atoms with Crippen LogP contribution < -0.4 is 10.2 Å². The van der Waals surface area contributed by atoms with E-state index in [-0.39, 0.29) is 5.91 Å². The zero-order valence-corrected chi connectivity index (χ0v) is 17.4. The van der Waals surface area contributed by atoms with Crippen LogP contribution in [-0.4, -0.2) is 84.6 Å². The van der Waals surface area contributed by atoms with Gasteiger partial charge in [0.15, 0.2) is 18.2 Å². The number of urea groups is 1. The third-order valence-electron chi connectivity index (χ3n) is 5.51. The smallest absolute Gasteiger partial charge is 0.325 e. The predicted octanol–water partition coefficient (Wildman–Crippen LogP) is 1.59. The van der Waals surface area contributed by atoms with Crippen LogP contribution in [0, 0.1) is 0 Å². The Kier molecular flexibility index (Phi) is 5.12. The molecule has 1 N–H and O–H groups in total. The molecular weight excluding hydrogens is 392 g/mol. The fourth-order valence-electron chi connectivity index (χ4n) is 4.07. The molecule has 4 rings (SSSR count). The number of nitrogens with zero attached hydrogens (tertiary/aromatic N) is 5. The maximum Gasteiger partial charge on any atom is 0.325 e. The Labute approximate surface area is 175 Å². The van der Waals surface area contributed by atoms with E-state index in [9.17, 15) is 9.59 Å². The number of benzene rings is 1. The summed E-state index contributed by atoms with van der Waals surface area (Å²) in [5.74, 6) is 0.445. The van der Waals surface area contributed by atoms with Crippen molar-refractivity contribution in [2.75, 3.05) is 44.7 Å². The topological polar surface area (TPSA) is 71.5 Å². The predicted molar refractivity (Wildman–Crippen MR) is 113 cm³/mol. The maximum absolute atomic E-state index is 12.6. The molecule has 0 bridgehead atoms. The van der Waals surface area contributed by atoms with Gasteiger partial charge in [-0.1, -0.05) is 29.8 Å². The van der Waals surface area contributed by atoms with E-state index in [1.54, 1.807) is 7.05 Å². The van der Waals surface area contributed by atoms with Crippen LogP contribution in [0.4, 0.5) is 10.5 Å². The Morgan fingerprint density at radius 1 is 1.24 bits per heavy atom. The number of hydrogen-bond acceptors (Lipinski definition) is 6. The Morgan fingerprint density at radius 2 is 1.93 bits per heavy atom. The number of hydrogen-bond donors (Lipinski definition) is 1. The molecule has 154 valence electrons. The number of imide groups is 1. The first kappa shape index (κ1) is 19.6. The summed E-state index contributed by atoms with van der Waals surface area (Å²) in [5.41, 5.74) is 2.03. The summed E-state index contributed by atoms with van der Waals surface area (Å²) in [7, 11) is 1.67. The summed E-state index contributed by atoms with van der Waals surface area (Å²) in [6, 6.07) is 6.90. The van der Waals surface area contributed by atoms with Crippen LogP contribution >= 0.6 is 11.6 Å². The highest BCUT2D eigenvalue weighted by molar-refractivity contribution is 6.30. The quantitative estimate of drug-likeness (QED) is 0.757. The van der Waals surface area contributed by atoms with Crippen molar-refractivity contribution in [1.29, 1.82) is 0 Å². The van der Waals surface area contributed by atoms with Crippen molar-refractivity contribution in [3.8, 4) is 0 Å². The van der Waals surface area contributed by atoms with Crippen molar-refractivity contribution in [1.82, 2.24) is 20.0 Å². The molecule has 0 aliphatic carbocycles. The normalized spacial score (nSPS) is 24.4. The molecule has 3 aliphatic rings. The third-order valence-corrected chi connectivity index (χ3v) is 5.75. The maximum atomic E-state index is 12.6. The van der Waals surface area contributed by atoms with Crippen molar-refractivity contribution in [2.45, 2.75) is 19.1 Å². The molecule has 8 nitrogen and oxygen atoms in total. The van der Waals surface area contributed by atoms with Gasteiger partial charge in [0.1, 0.15) is 0 Å². The lowest BCUT2D eigenvalue weighted by Gasteiger charge is -2.41. The van der Waals surface area contributed by atoms with E-state index in [4.69, 9.17) is 16.6 Å². The molecular formula is C20H25ClN6O2. The summed E-state index contributed by atoms with van der Waals surface area (Å²) in [5, 5.41) is 3.15. The van der Waals surface area contributed by atoms with Crippen molar-refractivity contribution in [3.05, 3.63) is 41.4 Å². The number of aliphatic imine (C=N–C) groups is 1. The first-order valence-electron chi connectivity index (χ1n) is 9.67. The number of amides is 3. The first-order valence-corrected chi connectivity index (χ1v) is 10.0. The van der Waals surface area contributed by atoms with Crippen LogP contribution in [-0.2, 0) is 4.79 Å². The van der Waals surface area contributed by atoms with Gasteiger partial charge in [-0.25, -0.2) is 9.79 Å². The lowest BCUT2D eigenvalue weighted by Crippen LogP contribution is -2.64. The van der Waals surface area contributed by atoms with Gasteiger partial charge in [0.25, 0.3) is 5.91 Å².